The Bertz CT molecular complexity index is 564. The number of fused-ring (bicyclic) bond motifs is 1. The molecule has 2 aliphatic heterocycles. The number of anilines is 1. The first-order chi connectivity index (χ1) is 9.09. The summed E-state index contributed by atoms with van der Waals surface area (Å²) < 4.78 is 14.0. The molecule has 2 heterocycles. The fourth-order valence-electron chi connectivity index (χ4n) is 2.71. The molecule has 2 saturated heterocycles. The van der Waals surface area contributed by atoms with Crippen LogP contribution < -0.4 is 4.90 Å². The van der Waals surface area contributed by atoms with Gasteiger partial charge in [0.2, 0.25) is 11.8 Å². The van der Waals surface area contributed by atoms with Crippen LogP contribution in [0.4, 0.5) is 10.1 Å². The van der Waals surface area contributed by atoms with Gasteiger partial charge in [-0.05, 0) is 25.0 Å². The van der Waals surface area contributed by atoms with Gasteiger partial charge in [-0.25, -0.2) is 4.39 Å². The molecule has 1 aromatic rings. The van der Waals surface area contributed by atoms with Gasteiger partial charge in [0.25, 0.3) is 0 Å². The fourth-order valence-corrected chi connectivity index (χ4v) is 2.88. The van der Waals surface area contributed by atoms with Gasteiger partial charge in [-0.3, -0.25) is 14.5 Å². The van der Waals surface area contributed by atoms with E-state index in [-0.39, 0.29) is 29.1 Å². The number of piperazine rings is 1. The zero-order valence-corrected chi connectivity index (χ0v) is 10.9. The number of carbonyl (C=O) groups is 2. The van der Waals surface area contributed by atoms with Gasteiger partial charge in [0, 0.05) is 6.54 Å². The van der Waals surface area contributed by atoms with E-state index in [0.717, 1.165) is 6.42 Å². The second kappa shape index (κ2) is 4.49. The van der Waals surface area contributed by atoms with Crippen molar-refractivity contribution in [2.24, 2.45) is 0 Å². The van der Waals surface area contributed by atoms with Crippen LogP contribution in [0.15, 0.2) is 18.2 Å². The molecule has 100 valence electrons. The smallest absolute Gasteiger partial charge is 0.250 e. The van der Waals surface area contributed by atoms with E-state index >= 15 is 0 Å². The first-order valence-corrected chi connectivity index (χ1v) is 6.52. The Balaban J connectivity index is 1.99. The van der Waals surface area contributed by atoms with Gasteiger partial charge in [0.15, 0.2) is 5.82 Å². The number of amides is 2. The summed E-state index contributed by atoms with van der Waals surface area (Å²) in [6.07, 6.45) is 1.46. The van der Waals surface area contributed by atoms with Crippen LogP contribution in [-0.2, 0) is 9.59 Å². The summed E-state index contributed by atoms with van der Waals surface area (Å²) in [4.78, 5) is 27.1. The van der Waals surface area contributed by atoms with Crippen molar-refractivity contribution >= 4 is 29.1 Å². The lowest BCUT2D eigenvalue weighted by Crippen LogP contribution is -2.57. The van der Waals surface area contributed by atoms with Crippen molar-refractivity contribution in [2.75, 3.05) is 18.0 Å². The van der Waals surface area contributed by atoms with E-state index in [0.29, 0.717) is 13.0 Å². The molecule has 0 saturated carbocycles. The fraction of sp³-hybridized carbons (Fsp3) is 0.385. The normalized spacial score (nSPS) is 22.9. The molecule has 0 bridgehead atoms. The minimum Gasteiger partial charge on any atom is -0.329 e. The predicted molar refractivity (Wildman–Crippen MR) is 68.5 cm³/mol. The molecule has 0 aromatic heterocycles. The topological polar surface area (TPSA) is 40.6 Å². The highest BCUT2D eigenvalue weighted by atomic mass is 35.5. The quantitative estimate of drug-likeness (QED) is 0.788. The largest absolute Gasteiger partial charge is 0.329 e. The van der Waals surface area contributed by atoms with E-state index in [1.54, 1.807) is 11.0 Å². The molecule has 1 aromatic carbocycles. The maximum absolute atomic E-state index is 14.0. The zero-order chi connectivity index (χ0) is 13.6. The van der Waals surface area contributed by atoms with Gasteiger partial charge in [-0.2, -0.15) is 0 Å². The minimum absolute atomic E-state index is 0.0494. The summed E-state index contributed by atoms with van der Waals surface area (Å²) in [5.74, 6) is -1.02. The molecule has 6 heteroatoms. The second-order valence-electron chi connectivity index (χ2n) is 4.74. The van der Waals surface area contributed by atoms with E-state index in [1.165, 1.54) is 17.0 Å². The third kappa shape index (κ3) is 1.89. The molecule has 0 aliphatic carbocycles. The summed E-state index contributed by atoms with van der Waals surface area (Å²) in [5.41, 5.74) is 0.0809. The van der Waals surface area contributed by atoms with E-state index in [9.17, 15) is 14.0 Å². The lowest BCUT2D eigenvalue weighted by molar-refractivity contribution is -0.140. The van der Waals surface area contributed by atoms with Gasteiger partial charge in [-0.1, -0.05) is 17.7 Å². The van der Waals surface area contributed by atoms with Gasteiger partial charge in [0.1, 0.15) is 12.6 Å². The minimum atomic E-state index is -0.656. The average Bonchev–Trinajstić information content (AvgIpc) is 2.87. The molecule has 1 atom stereocenters. The molecule has 2 amide bonds. The third-order valence-electron chi connectivity index (χ3n) is 3.64. The van der Waals surface area contributed by atoms with Crippen molar-refractivity contribution < 1.29 is 14.0 Å². The Morgan fingerprint density at radius 2 is 2.11 bits per heavy atom. The zero-order valence-electron chi connectivity index (χ0n) is 10.1. The Morgan fingerprint density at radius 3 is 2.89 bits per heavy atom. The van der Waals surface area contributed by atoms with Crippen LogP contribution in [-0.4, -0.2) is 35.8 Å². The number of nitrogens with zero attached hydrogens (tertiary/aromatic N) is 2. The number of benzene rings is 1. The molecule has 0 radical (unpaired) electrons. The summed E-state index contributed by atoms with van der Waals surface area (Å²) in [7, 11) is 0. The number of carbonyl (C=O) groups excluding carboxylic acids is 2. The van der Waals surface area contributed by atoms with Gasteiger partial charge >= 0.3 is 0 Å². The predicted octanol–water partition coefficient (Wildman–Crippen LogP) is 1.82. The van der Waals surface area contributed by atoms with Crippen LogP contribution in [0.1, 0.15) is 12.8 Å². The van der Waals surface area contributed by atoms with Crippen molar-refractivity contribution in [1.82, 2.24) is 4.90 Å². The molecule has 2 aliphatic rings. The molecule has 19 heavy (non-hydrogen) atoms. The number of hydrogen-bond acceptors (Lipinski definition) is 2. The summed E-state index contributed by atoms with van der Waals surface area (Å²) >= 11 is 5.72. The van der Waals surface area contributed by atoms with Crippen molar-refractivity contribution in [3.8, 4) is 0 Å². The van der Waals surface area contributed by atoms with Crippen LogP contribution in [0.25, 0.3) is 0 Å². The average molecular weight is 283 g/mol. The first-order valence-electron chi connectivity index (χ1n) is 6.14. The Morgan fingerprint density at radius 1 is 1.32 bits per heavy atom. The van der Waals surface area contributed by atoms with Crippen LogP contribution >= 0.6 is 11.6 Å². The summed E-state index contributed by atoms with van der Waals surface area (Å²) in [6, 6.07) is 4.01. The van der Waals surface area contributed by atoms with Crippen molar-refractivity contribution in [1.29, 1.82) is 0 Å². The Labute approximate surface area is 114 Å². The summed E-state index contributed by atoms with van der Waals surface area (Å²) in [5, 5.41) is -0.0494. The SMILES string of the molecule is O=C1C2CCCN2C(=O)CN1c1cccc(Cl)c1F. The van der Waals surface area contributed by atoms with E-state index in [2.05, 4.69) is 0 Å². The third-order valence-corrected chi connectivity index (χ3v) is 3.93. The maximum atomic E-state index is 14.0. The summed E-state index contributed by atoms with van der Waals surface area (Å²) in [6.45, 7) is 0.494. The number of halogens is 2. The number of hydrogen-bond donors (Lipinski definition) is 0. The van der Waals surface area contributed by atoms with Gasteiger partial charge < -0.3 is 4.90 Å². The standard InChI is InChI=1S/C13H12ClFN2O2/c14-8-3-1-4-9(12(8)15)17-7-11(18)16-6-2-5-10(16)13(17)19/h1,3-4,10H,2,5-7H2. The van der Waals surface area contributed by atoms with E-state index in [4.69, 9.17) is 11.6 Å². The van der Waals surface area contributed by atoms with Crippen molar-refractivity contribution in [3.05, 3.63) is 29.0 Å². The van der Waals surface area contributed by atoms with Crippen LogP contribution in [0.3, 0.4) is 0 Å². The lowest BCUT2D eigenvalue weighted by atomic mass is 10.1. The number of rotatable bonds is 1. The van der Waals surface area contributed by atoms with Crippen LogP contribution in [0, 0.1) is 5.82 Å². The highest BCUT2D eigenvalue weighted by Gasteiger charge is 2.43. The molecule has 2 fully saturated rings. The van der Waals surface area contributed by atoms with Crippen LogP contribution in [0.5, 0.6) is 0 Å². The van der Waals surface area contributed by atoms with Crippen molar-refractivity contribution in [2.45, 2.75) is 18.9 Å². The second-order valence-corrected chi connectivity index (χ2v) is 5.15. The van der Waals surface area contributed by atoms with Crippen LogP contribution in [0.2, 0.25) is 5.02 Å². The van der Waals surface area contributed by atoms with E-state index < -0.39 is 11.9 Å². The van der Waals surface area contributed by atoms with E-state index in [1.807, 2.05) is 0 Å². The monoisotopic (exact) mass is 282 g/mol. The highest BCUT2D eigenvalue weighted by molar-refractivity contribution is 6.31. The lowest BCUT2D eigenvalue weighted by Gasteiger charge is -2.36. The first kappa shape index (κ1) is 12.4. The molecule has 0 spiro atoms. The molecule has 3 rings (SSSR count). The van der Waals surface area contributed by atoms with Gasteiger partial charge in [-0.15, -0.1) is 0 Å². The molecular weight excluding hydrogens is 271 g/mol. The molecule has 1 unspecified atom stereocenters. The highest BCUT2D eigenvalue weighted by Crippen LogP contribution is 2.31. The van der Waals surface area contributed by atoms with Crippen molar-refractivity contribution in [3.63, 3.8) is 0 Å². The molecule has 0 N–H and O–H groups in total. The van der Waals surface area contributed by atoms with Gasteiger partial charge in [0.05, 0.1) is 10.7 Å². The molecule has 4 nitrogen and oxygen atoms in total. The molecular formula is C13H12ClFN2O2. The Hall–Kier alpha value is -1.62. The maximum Gasteiger partial charge on any atom is 0.250 e. The Kier molecular flexibility index (Phi) is 2.93.